The normalized spacial score (nSPS) is 12.7. The van der Waals surface area contributed by atoms with Crippen molar-refractivity contribution in [1.82, 2.24) is 9.97 Å². The molecule has 0 unspecified atom stereocenters. The topological polar surface area (TPSA) is 25.8 Å². The first-order valence-electron chi connectivity index (χ1n) is 20.4. The summed E-state index contributed by atoms with van der Waals surface area (Å²) < 4.78 is 0. The summed E-state index contributed by atoms with van der Waals surface area (Å²) in [4.78, 5) is 10.9. The molecule has 0 bridgehead atoms. The number of hydrogen-bond acceptors (Lipinski definition) is 2. The van der Waals surface area contributed by atoms with E-state index in [1.807, 2.05) is 0 Å². The first kappa shape index (κ1) is 35.0. The summed E-state index contributed by atoms with van der Waals surface area (Å²) in [5, 5.41) is 7.86. The van der Waals surface area contributed by atoms with Crippen LogP contribution in [0.5, 0.6) is 0 Å². The van der Waals surface area contributed by atoms with Crippen LogP contribution in [-0.2, 0) is 0 Å². The van der Waals surface area contributed by atoms with E-state index in [1.165, 1.54) is 59.7 Å². The zero-order valence-corrected chi connectivity index (χ0v) is 34.0. The molecular formula is C56H40N2Si. The summed E-state index contributed by atoms with van der Waals surface area (Å²) in [6.07, 6.45) is 0. The highest BCUT2D eigenvalue weighted by Gasteiger charge is 2.39. The van der Waals surface area contributed by atoms with Crippen molar-refractivity contribution in [1.29, 1.82) is 0 Å². The van der Waals surface area contributed by atoms with Crippen molar-refractivity contribution in [2.45, 2.75) is 13.1 Å². The highest BCUT2D eigenvalue weighted by atomic mass is 28.3. The first-order valence-corrected chi connectivity index (χ1v) is 23.4. The van der Waals surface area contributed by atoms with E-state index in [-0.39, 0.29) is 0 Å². The van der Waals surface area contributed by atoms with Gasteiger partial charge < -0.3 is 0 Å². The number of rotatable bonds is 6. The Balaban J connectivity index is 1.18. The Kier molecular flexibility index (Phi) is 8.31. The maximum atomic E-state index is 5.52. The highest BCUT2D eigenvalue weighted by molar-refractivity contribution is 7.04. The van der Waals surface area contributed by atoms with Crippen molar-refractivity contribution < 1.29 is 0 Å². The largest absolute Gasteiger partial charge is 0.228 e. The van der Waals surface area contributed by atoms with Gasteiger partial charge in [-0.25, -0.2) is 9.97 Å². The molecule has 2 nitrogen and oxygen atoms in total. The van der Waals surface area contributed by atoms with E-state index >= 15 is 0 Å². The van der Waals surface area contributed by atoms with Gasteiger partial charge in [0.2, 0.25) is 0 Å². The molecule has 0 saturated heterocycles. The first-order chi connectivity index (χ1) is 29.0. The summed E-state index contributed by atoms with van der Waals surface area (Å²) in [6.45, 7) is 5.03. The lowest BCUT2D eigenvalue weighted by Gasteiger charge is -2.25. The summed E-state index contributed by atoms with van der Waals surface area (Å²) in [7, 11) is -2.03. The molecule has 10 aromatic rings. The Morgan fingerprint density at radius 2 is 0.763 bits per heavy atom. The van der Waals surface area contributed by atoms with Crippen LogP contribution in [0.1, 0.15) is 0 Å². The van der Waals surface area contributed by atoms with E-state index in [2.05, 4.69) is 219 Å². The summed E-state index contributed by atoms with van der Waals surface area (Å²) in [6, 6.07) is 74.6. The predicted molar refractivity (Wildman–Crippen MR) is 252 cm³/mol. The van der Waals surface area contributed by atoms with E-state index in [0.717, 1.165) is 44.8 Å². The zero-order valence-electron chi connectivity index (χ0n) is 33.0. The second-order valence-electron chi connectivity index (χ2n) is 16.1. The lowest BCUT2D eigenvalue weighted by molar-refractivity contribution is 1.19. The van der Waals surface area contributed by atoms with Gasteiger partial charge in [0.25, 0.3) is 0 Å². The molecule has 3 heteroatoms. The summed E-state index contributed by atoms with van der Waals surface area (Å²) in [5.74, 6) is 0.698. The SMILES string of the molecule is C[Si]1(C)c2ccccc2-c2cccc(-c3c4ccccc4c(-c4cc(-c5cccc(-c6ccccc6)c5)nc(-c5cccc(-c6ccccc6)c5)n4)c4ccccc34)c21. The standard InChI is InChI=1S/C56H40N2Si/c1-59(2)52-33-14-13-26-43(52)48-31-17-32-49(55(48)59)53-44-27-9-11-29-46(44)54(47-30-12-10-28-45(47)53)51-36-50(41-24-15-22-39(34-41)37-18-5-3-6-19-37)57-56(58-51)42-25-16-23-40(35-42)38-20-7-4-8-21-38/h3-36H,1-2H3. The molecule has 0 N–H and O–H groups in total. The minimum Gasteiger partial charge on any atom is -0.228 e. The van der Waals surface area contributed by atoms with Gasteiger partial charge in [0.05, 0.1) is 11.4 Å². The quantitative estimate of drug-likeness (QED) is 0.124. The third-order valence-corrected chi connectivity index (χ3v) is 15.8. The molecule has 59 heavy (non-hydrogen) atoms. The molecule has 2 heterocycles. The molecule has 9 aromatic carbocycles. The molecule has 0 radical (unpaired) electrons. The number of fused-ring (bicyclic) bond motifs is 5. The van der Waals surface area contributed by atoms with Gasteiger partial charge >= 0.3 is 0 Å². The minimum absolute atomic E-state index is 0.698. The van der Waals surface area contributed by atoms with Crippen LogP contribution in [0.3, 0.4) is 0 Å². The van der Waals surface area contributed by atoms with E-state index in [0.29, 0.717) is 5.82 Å². The van der Waals surface area contributed by atoms with Crippen LogP contribution < -0.4 is 10.4 Å². The smallest absolute Gasteiger partial charge is 0.160 e. The molecule has 0 saturated carbocycles. The van der Waals surface area contributed by atoms with Crippen LogP contribution in [0.25, 0.3) is 100.0 Å². The number of nitrogens with zero attached hydrogens (tertiary/aromatic N) is 2. The van der Waals surface area contributed by atoms with Crippen molar-refractivity contribution in [3.63, 3.8) is 0 Å². The van der Waals surface area contributed by atoms with E-state index in [4.69, 9.17) is 9.97 Å². The Morgan fingerprint density at radius 1 is 0.322 bits per heavy atom. The zero-order chi connectivity index (χ0) is 39.5. The molecule has 0 aliphatic carbocycles. The van der Waals surface area contributed by atoms with Crippen LogP contribution >= 0.6 is 0 Å². The average Bonchev–Trinajstić information content (AvgIpc) is 3.54. The van der Waals surface area contributed by atoms with Crippen molar-refractivity contribution >= 4 is 40.0 Å². The summed E-state index contributed by atoms with van der Waals surface area (Å²) >= 11 is 0. The van der Waals surface area contributed by atoms with Crippen LogP contribution in [0.2, 0.25) is 13.1 Å². The maximum Gasteiger partial charge on any atom is 0.160 e. The maximum absolute atomic E-state index is 5.52. The van der Waals surface area contributed by atoms with Gasteiger partial charge in [-0.1, -0.05) is 201 Å². The number of benzene rings is 9. The minimum atomic E-state index is -2.03. The van der Waals surface area contributed by atoms with E-state index in [9.17, 15) is 0 Å². The van der Waals surface area contributed by atoms with Gasteiger partial charge in [-0.05, 0) is 94.6 Å². The van der Waals surface area contributed by atoms with E-state index < -0.39 is 8.07 Å². The number of aromatic nitrogens is 2. The molecule has 1 aliphatic rings. The molecule has 1 aromatic heterocycles. The Bertz CT molecular complexity index is 3080. The van der Waals surface area contributed by atoms with Crippen LogP contribution in [0.4, 0.5) is 0 Å². The van der Waals surface area contributed by atoms with Gasteiger partial charge in [0, 0.05) is 16.7 Å². The average molecular weight is 769 g/mol. The molecule has 0 fully saturated rings. The highest BCUT2D eigenvalue weighted by Crippen LogP contribution is 2.45. The lowest BCUT2D eigenvalue weighted by Crippen LogP contribution is -2.50. The molecule has 11 rings (SSSR count). The van der Waals surface area contributed by atoms with Crippen LogP contribution in [0, 0.1) is 0 Å². The number of hydrogen-bond donors (Lipinski definition) is 0. The third kappa shape index (κ3) is 5.85. The van der Waals surface area contributed by atoms with Gasteiger partial charge in [-0.15, -0.1) is 0 Å². The van der Waals surface area contributed by atoms with Gasteiger partial charge in [0.15, 0.2) is 5.82 Å². The monoisotopic (exact) mass is 768 g/mol. The van der Waals surface area contributed by atoms with Crippen LogP contribution in [-0.4, -0.2) is 18.0 Å². The lowest BCUT2D eigenvalue weighted by atomic mass is 9.86. The second kappa shape index (κ2) is 14.0. The molecule has 278 valence electrons. The Labute approximate surface area is 346 Å². The van der Waals surface area contributed by atoms with Crippen molar-refractivity contribution in [3.05, 3.63) is 206 Å². The van der Waals surface area contributed by atoms with Crippen molar-refractivity contribution in [2.24, 2.45) is 0 Å². The van der Waals surface area contributed by atoms with Gasteiger partial charge in [0.1, 0.15) is 8.07 Å². The molecular weight excluding hydrogens is 729 g/mol. The molecule has 0 amide bonds. The van der Waals surface area contributed by atoms with Crippen molar-refractivity contribution in [2.75, 3.05) is 0 Å². The molecule has 0 spiro atoms. The van der Waals surface area contributed by atoms with E-state index in [1.54, 1.807) is 0 Å². The second-order valence-corrected chi connectivity index (χ2v) is 20.4. The molecule has 1 aliphatic heterocycles. The van der Waals surface area contributed by atoms with Gasteiger partial charge in [-0.3, -0.25) is 0 Å². The fourth-order valence-electron chi connectivity index (χ4n) is 9.56. The van der Waals surface area contributed by atoms with Crippen molar-refractivity contribution in [3.8, 4) is 78.4 Å². The fourth-order valence-corrected chi connectivity index (χ4v) is 13.0. The van der Waals surface area contributed by atoms with Gasteiger partial charge in [-0.2, -0.15) is 0 Å². The fraction of sp³-hybridized carbons (Fsp3) is 0.0357. The Hall–Kier alpha value is -7.20. The Morgan fingerprint density at radius 3 is 1.41 bits per heavy atom. The third-order valence-electron chi connectivity index (χ3n) is 12.3. The predicted octanol–water partition coefficient (Wildman–Crippen LogP) is 13.6. The molecule has 0 atom stereocenters. The summed E-state index contributed by atoms with van der Waals surface area (Å²) in [5.41, 5.74) is 15.0. The van der Waals surface area contributed by atoms with Crippen LogP contribution in [0.15, 0.2) is 206 Å².